The van der Waals surface area contributed by atoms with Gasteiger partial charge in [-0.25, -0.2) is 0 Å². The van der Waals surface area contributed by atoms with Crippen LogP contribution in [0.25, 0.3) is 0 Å². The van der Waals surface area contributed by atoms with Crippen molar-refractivity contribution in [2.45, 2.75) is 77.0 Å². The SMILES string of the molecule is C=CCCCCCc1ccc(/C=N/N=C/c2ccc(C3CCC(CC)CC3)cc2)cc1. The zero-order chi connectivity index (χ0) is 21.7. The van der Waals surface area contributed by atoms with E-state index in [9.17, 15) is 0 Å². The number of aryl methyl sites for hydroxylation is 1. The number of nitrogens with zero attached hydrogens (tertiary/aromatic N) is 2. The minimum Gasteiger partial charge on any atom is -0.159 e. The molecule has 1 aliphatic carbocycles. The van der Waals surface area contributed by atoms with Crippen molar-refractivity contribution in [3.63, 3.8) is 0 Å². The largest absolute Gasteiger partial charge is 0.159 e. The van der Waals surface area contributed by atoms with Crippen molar-refractivity contribution in [1.29, 1.82) is 0 Å². The van der Waals surface area contributed by atoms with Crippen molar-refractivity contribution in [2.24, 2.45) is 16.1 Å². The van der Waals surface area contributed by atoms with Gasteiger partial charge in [-0.15, -0.1) is 6.58 Å². The van der Waals surface area contributed by atoms with E-state index in [1.807, 2.05) is 18.5 Å². The van der Waals surface area contributed by atoms with E-state index in [2.05, 4.69) is 72.2 Å². The minimum atomic E-state index is 0.738. The first-order valence-electron chi connectivity index (χ1n) is 12.1. The average Bonchev–Trinajstić information content (AvgIpc) is 2.83. The molecule has 0 N–H and O–H groups in total. The summed E-state index contributed by atoms with van der Waals surface area (Å²) in [6.07, 6.45) is 18.5. The first-order valence-corrected chi connectivity index (χ1v) is 12.1. The number of allylic oxidation sites excluding steroid dienone is 1. The van der Waals surface area contributed by atoms with Crippen LogP contribution in [0.2, 0.25) is 0 Å². The smallest absolute Gasteiger partial charge is 0.0568 e. The zero-order valence-electron chi connectivity index (χ0n) is 19.2. The number of unbranched alkanes of at least 4 members (excludes halogenated alkanes) is 3. The Balaban J connectivity index is 1.43. The maximum absolute atomic E-state index is 4.24. The molecule has 0 saturated heterocycles. The Morgan fingerprint density at radius 2 is 1.42 bits per heavy atom. The van der Waals surface area contributed by atoms with Crippen molar-refractivity contribution in [3.05, 3.63) is 83.4 Å². The lowest BCUT2D eigenvalue weighted by atomic mass is 9.78. The van der Waals surface area contributed by atoms with Crippen molar-refractivity contribution in [3.8, 4) is 0 Å². The molecule has 3 rings (SSSR count). The lowest BCUT2D eigenvalue weighted by Gasteiger charge is -2.28. The van der Waals surface area contributed by atoms with Crippen LogP contribution in [0.5, 0.6) is 0 Å². The van der Waals surface area contributed by atoms with E-state index in [0.29, 0.717) is 0 Å². The van der Waals surface area contributed by atoms with Crippen LogP contribution in [0.3, 0.4) is 0 Å². The van der Waals surface area contributed by atoms with E-state index >= 15 is 0 Å². The third-order valence-electron chi connectivity index (χ3n) is 6.67. The molecule has 2 aromatic carbocycles. The summed E-state index contributed by atoms with van der Waals surface area (Å²) in [4.78, 5) is 0. The maximum Gasteiger partial charge on any atom is 0.0568 e. The van der Waals surface area contributed by atoms with Gasteiger partial charge in [0, 0.05) is 0 Å². The molecule has 0 bridgehead atoms. The standard InChI is InChI=1S/C29H38N2/c1-3-5-6-7-8-9-25-10-12-26(13-11-25)22-30-31-23-27-16-20-29(21-17-27)28-18-14-24(4-2)15-19-28/h3,10-13,16-17,20-24,28H,1,4-9,14-15,18-19H2,2H3/b30-22+,31-23+. The topological polar surface area (TPSA) is 24.7 Å². The van der Waals surface area contributed by atoms with Crippen LogP contribution in [0.4, 0.5) is 0 Å². The molecule has 164 valence electrons. The van der Waals surface area contributed by atoms with Crippen LogP contribution in [0.1, 0.15) is 92.9 Å². The van der Waals surface area contributed by atoms with E-state index in [1.165, 1.54) is 62.5 Å². The Bertz CT molecular complexity index is 822. The van der Waals surface area contributed by atoms with Gasteiger partial charge in [-0.3, -0.25) is 0 Å². The Hall–Kier alpha value is -2.48. The van der Waals surface area contributed by atoms with Gasteiger partial charge in [-0.1, -0.05) is 74.4 Å². The number of rotatable bonds is 11. The molecule has 31 heavy (non-hydrogen) atoms. The Labute approximate surface area is 189 Å². The molecule has 2 nitrogen and oxygen atoms in total. The highest BCUT2D eigenvalue weighted by atomic mass is 15.2. The van der Waals surface area contributed by atoms with Gasteiger partial charge in [-0.2, -0.15) is 10.2 Å². The molecule has 2 aromatic rings. The highest BCUT2D eigenvalue weighted by Gasteiger charge is 2.20. The highest BCUT2D eigenvalue weighted by molar-refractivity contribution is 5.82. The second kappa shape index (κ2) is 13.0. The van der Waals surface area contributed by atoms with Gasteiger partial charge in [0.05, 0.1) is 12.4 Å². The Morgan fingerprint density at radius 3 is 2.00 bits per heavy atom. The van der Waals surface area contributed by atoms with Gasteiger partial charge in [0.25, 0.3) is 0 Å². The molecule has 1 fully saturated rings. The van der Waals surface area contributed by atoms with Crippen LogP contribution in [0.15, 0.2) is 71.4 Å². The number of benzene rings is 2. The van der Waals surface area contributed by atoms with Crippen LogP contribution in [0, 0.1) is 5.92 Å². The zero-order valence-corrected chi connectivity index (χ0v) is 19.2. The Morgan fingerprint density at radius 1 is 0.806 bits per heavy atom. The fourth-order valence-corrected chi connectivity index (χ4v) is 4.52. The summed E-state index contributed by atoms with van der Waals surface area (Å²) in [6, 6.07) is 17.5. The molecule has 0 heterocycles. The van der Waals surface area contributed by atoms with Crippen LogP contribution < -0.4 is 0 Å². The van der Waals surface area contributed by atoms with E-state index in [-0.39, 0.29) is 0 Å². The summed E-state index contributed by atoms with van der Waals surface area (Å²) in [5.74, 6) is 1.69. The van der Waals surface area contributed by atoms with Gasteiger partial charge in [0.15, 0.2) is 0 Å². The maximum atomic E-state index is 4.24. The molecular formula is C29H38N2. The molecule has 0 spiro atoms. The molecule has 0 aromatic heterocycles. The van der Waals surface area contributed by atoms with Crippen LogP contribution in [-0.2, 0) is 6.42 Å². The normalized spacial score (nSPS) is 19.3. The van der Waals surface area contributed by atoms with Gasteiger partial charge in [0.1, 0.15) is 0 Å². The molecule has 0 amide bonds. The van der Waals surface area contributed by atoms with E-state index in [1.54, 1.807) is 0 Å². The first-order chi connectivity index (χ1) is 15.3. The molecule has 1 saturated carbocycles. The molecule has 0 aliphatic heterocycles. The monoisotopic (exact) mass is 414 g/mol. The third-order valence-corrected chi connectivity index (χ3v) is 6.67. The second-order valence-corrected chi connectivity index (χ2v) is 8.91. The summed E-state index contributed by atoms with van der Waals surface area (Å²) in [7, 11) is 0. The molecule has 1 aliphatic rings. The van der Waals surface area contributed by atoms with Crippen molar-refractivity contribution in [1.82, 2.24) is 0 Å². The van der Waals surface area contributed by atoms with Gasteiger partial charge < -0.3 is 0 Å². The van der Waals surface area contributed by atoms with E-state index in [0.717, 1.165) is 35.8 Å². The van der Waals surface area contributed by atoms with Crippen molar-refractivity contribution in [2.75, 3.05) is 0 Å². The number of hydrogen-bond donors (Lipinski definition) is 0. The molecule has 0 atom stereocenters. The summed E-state index contributed by atoms with van der Waals surface area (Å²) in [5, 5.41) is 8.46. The predicted molar refractivity (Wildman–Crippen MR) is 135 cm³/mol. The molecule has 0 radical (unpaired) electrons. The molecule has 2 heteroatoms. The van der Waals surface area contributed by atoms with Crippen molar-refractivity contribution < 1.29 is 0 Å². The van der Waals surface area contributed by atoms with Gasteiger partial charge in [-0.05, 0) is 85.5 Å². The quantitative estimate of drug-likeness (QED) is 0.153. The third kappa shape index (κ3) is 7.94. The Kier molecular flexibility index (Phi) is 9.76. The van der Waals surface area contributed by atoms with Crippen molar-refractivity contribution >= 4 is 12.4 Å². The summed E-state index contributed by atoms with van der Waals surface area (Å²) in [6.45, 7) is 6.10. The average molecular weight is 415 g/mol. The molecular weight excluding hydrogens is 376 g/mol. The lowest BCUT2D eigenvalue weighted by Crippen LogP contribution is -2.12. The van der Waals surface area contributed by atoms with Crippen LogP contribution >= 0.6 is 0 Å². The fourth-order valence-electron chi connectivity index (χ4n) is 4.52. The fraction of sp³-hybridized carbons (Fsp3) is 0.448. The lowest BCUT2D eigenvalue weighted by molar-refractivity contribution is 0.319. The highest BCUT2D eigenvalue weighted by Crippen LogP contribution is 2.36. The van der Waals surface area contributed by atoms with E-state index < -0.39 is 0 Å². The first kappa shape index (κ1) is 23.2. The summed E-state index contributed by atoms with van der Waals surface area (Å²) < 4.78 is 0. The second-order valence-electron chi connectivity index (χ2n) is 8.91. The minimum absolute atomic E-state index is 0.738. The van der Waals surface area contributed by atoms with Crippen LogP contribution in [-0.4, -0.2) is 12.4 Å². The summed E-state index contributed by atoms with van der Waals surface area (Å²) in [5.41, 5.74) is 5.07. The van der Waals surface area contributed by atoms with Gasteiger partial charge in [0.2, 0.25) is 0 Å². The van der Waals surface area contributed by atoms with E-state index in [4.69, 9.17) is 0 Å². The summed E-state index contributed by atoms with van der Waals surface area (Å²) >= 11 is 0. The number of hydrogen-bond acceptors (Lipinski definition) is 2. The predicted octanol–water partition coefficient (Wildman–Crippen LogP) is 8.11. The molecule has 0 unspecified atom stereocenters. The van der Waals surface area contributed by atoms with Gasteiger partial charge >= 0.3 is 0 Å².